The molecule has 0 bridgehead atoms. The van der Waals surface area contributed by atoms with Gasteiger partial charge < -0.3 is 0 Å². The lowest BCUT2D eigenvalue weighted by molar-refractivity contribution is 0.336. The van der Waals surface area contributed by atoms with Crippen LogP contribution in [0.4, 0.5) is 0 Å². The lowest BCUT2D eigenvalue weighted by Crippen LogP contribution is -2.09. The van der Waals surface area contributed by atoms with Crippen LogP contribution in [0, 0.1) is 12.8 Å². The molecule has 2 aromatic carbocycles. The van der Waals surface area contributed by atoms with E-state index in [0.29, 0.717) is 0 Å². The first kappa shape index (κ1) is 13.9. The maximum Gasteiger partial charge on any atom is 0.0596 e. The van der Waals surface area contributed by atoms with Crippen LogP contribution in [0.3, 0.4) is 0 Å². The Morgan fingerprint density at radius 3 is 2.60 bits per heavy atom. The molecule has 1 fully saturated rings. The van der Waals surface area contributed by atoms with Gasteiger partial charge in [-0.05, 0) is 41.2 Å². The molecular weight excluding hydrogens is 264 g/mol. The minimum absolute atomic E-state index is 0.157. The summed E-state index contributed by atoms with van der Waals surface area (Å²) in [6.45, 7) is 2.19. The fourth-order valence-electron chi connectivity index (χ4n) is 3.65. The Kier molecular flexibility index (Phi) is 4.31. The average molecular weight is 287 g/mol. The lowest BCUT2D eigenvalue weighted by Gasteiger charge is -2.25. The molecular formula is C19H23Cl. The summed E-state index contributed by atoms with van der Waals surface area (Å²) >= 11 is 6.82. The molecule has 0 spiro atoms. The molecule has 3 rings (SSSR count). The largest absolute Gasteiger partial charge is 0.118 e. The van der Waals surface area contributed by atoms with Gasteiger partial charge in [0.25, 0.3) is 0 Å². The summed E-state index contributed by atoms with van der Waals surface area (Å²) in [6.07, 6.45) is 8.07. The summed E-state index contributed by atoms with van der Waals surface area (Å²) in [4.78, 5) is 0. The van der Waals surface area contributed by atoms with E-state index >= 15 is 0 Å². The minimum atomic E-state index is 0.157. The average Bonchev–Trinajstić information content (AvgIpc) is 2.48. The number of alkyl halides is 1. The third kappa shape index (κ3) is 2.86. The summed E-state index contributed by atoms with van der Waals surface area (Å²) in [5, 5.41) is 2.80. The summed E-state index contributed by atoms with van der Waals surface area (Å²) in [6, 6.07) is 13.0. The van der Waals surface area contributed by atoms with Crippen molar-refractivity contribution in [2.45, 2.75) is 50.8 Å². The Balaban J connectivity index is 1.89. The zero-order valence-electron chi connectivity index (χ0n) is 12.2. The molecule has 0 amide bonds. The monoisotopic (exact) mass is 286 g/mol. The molecule has 0 radical (unpaired) electrons. The first-order valence-corrected chi connectivity index (χ1v) is 8.31. The Morgan fingerprint density at radius 1 is 1.05 bits per heavy atom. The molecule has 2 aromatic rings. The molecule has 20 heavy (non-hydrogen) atoms. The fourth-order valence-corrected chi connectivity index (χ4v) is 4.20. The van der Waals surface area contributed by atoms with Gasteiger partial charge in [0.2, 0.25) is 0 Å². The zero-order valence-corrected chi connectivity index (χ0v) is 13.0. The molecule has 1 unspecified atom stereocenters. The predicted octanol–water partition coefficient (Wildman–Crippen LogP) is 6.40. The second kappa shape index (κ2) is 6.18. The highest BCUT2D eigenvalue weighted by atomic mass is 35.5. The molecule has 0 aromatic heterocycles. The van der Waals surface area contributed by atoms with Crippen molar-refractivity contribution in [1.29, 1.82) is 0 Å². The van der Waals surface area contributed by atoms with Crippen molar-refractivity contribution in [2.24, 2.45) is 5.92 Å². The quantitative estimate of drug-likeness (QED) is 0.573. The van der Waals surface area contributed by atoms with Crippen molar-refractivity contribution in [3.63, 3.8) is 0 Å². The molecule has 0 heterocycles. The van der Waals surface area contributed by atoms with Crippen molar-refractivity contribution in [3.8, 4) is 0 Å². The number of hydrogen-bond donors (Lipinski definition) is 0. The molecule has 0 N–H and O–H groups in total. The van der Waals surface area contributed by atoms with Crippen molar-refractivity contribution in [2.75, 3.05) is 0 Å². The standard InChI is InChI=1S/C19H23Cl/c1-14-11-12-16-9-5-6-10-17(16)19(14)18(20)13-15-7-3-2-4-8-15/h5-6,9-12,15,18H,2-4,7-8,13H2,1H3. The smallest absolute Gasteiger partial charge is 0.0596 e. The van der Waals surface area contributed by atoms with E-state index in [0.717, 1.165) is 12.3 Å². The summed E-state index contributed by atoms with van der Waals surface area (Å²) in [5.41, 5.74) is 2.69. The first-order chi connectivity index (χ1) is 9.75. The second-order valence-electron chi connectivity index (χ2n) is 6.22. The number of halogens is 1. The molecule has 1 saturated carbocycles. The van der Waals surface area contributed by atoms with E-state index in [-0.39, 0.29) is 5.38 Å². The molecule has 1 aliphatic rings. The van der Waals surface area contributed by atoms with E-state index in [9.17, 15) is 0 Å². The number of hydrogen-bond acceptors (Lipinski definition) is 0. The molecule has 106 valence electrons. The number of rotatable bonds is 3. The number of benzene rings is 2. The van der Waals surface area contributed by atoms with Gasteiger partial charge in [-0.1, -0.05) is 68.5 Å². The van der Waals surface area contributed by atoms with Gasteiger partial charge in [-0.2, -0.15) is 0 Å². The topological polar surface area (TPSA) is 0 Å². The number of aryl methyl sites for hydroxylation is 1. The summed E-state index contributed by atoms with van der Waals surface area (Å²) in [7, 11) is 0. The van der Waals surface area contributed by atoms with Gasteiger partial charge in [0.1, 0.15) is 0 Å². The van der Waals surface area contributed by atoms with Crippen LogP contribution in [-0.2, 0) is 0 Å². The Hall–Kier alpha value is -1.01. The SMILES string of the molecule is Cc1ccc2ccccc2c1C(Cl)CC1CCCCC1. The van der Waals surface area contributed by atoms with E-state index in [1.54, 1.807) is 0 Å². The molecule has 0 nitrogen and oxygen atoms in total. The van der Waals surface area contributed by atoms with Crippen LogP contribution in [0.1, 0.15) is 55.0 Å². The van der Waals surface area contributed by atoms with Gasteiger partial charge in [-0.25, -0.2) is 0 Å². The van der Waals surface area contributed by atoms with E-state index in [1.165, 1.54) is 54.0 Å². The molecule has 0 saturated heterocycles. The van der Waals surface area contributed by atoms with Crippen LogP contribution in [0.15, 0.2) is 36.4 Å². The van der Waals surface area contributed by atoms with Crippen LogP contribution in [0.25, 0.3) is 10.8 Å². The maximum absolute atomic E-state index is 6.82. The Labute approximate surface area is 127 Å². The van der Waals surface area contributed by atoms with Crippen LogP contribution >= 0.6 is 11.6 Å². The van der Waals surface area contributed by atoms with Gasteiger partial charge in [0.05, 0.1) is 5.38 Å². The highest BCUT2D eigenvalue weighted by Gasteiger charge is 2.21. The Morgan fingerprint density at radius 2 is 1.80 bits per heavy atom. The molecule has 1 heteroatoms. The van der Waals surface area contributed by atoms with Gasteiger partial charge >= 0.3 is 0 Å². The van der Waals surface area contributed by atoms with Crippen molar-refractivity contribution < 1.29 is 0 Å². The van der Waals surface area contributed by atoms with Crippen LogP contribution in [-0.4, -0.2) is 0 Å². The van der Waals surface area contributed by atoms with E-state index < -0.39 is 0 Å². The normalized spacial score (nSPS) is 18.3. The second-order valence-corrected chi connectivity index (χ2v) is 6.75. The van der Waals surface area contributed by atoms with E-state index in [4.69, 9.17) is 11.6 Å². The Bertz CT molecular complexity index is 581. The van der Waals surface area contributed by atoms with Crippen LogP contribution < -0.4 is 0 Å². The third-order valence-corrected chi connectivity index (χ3v) is 5.16. The predicted molar refractivity (Wildman–Crippen MR) is 88.5 cm³/mol. The third-order valence-electron chi connectivity index (χ3n) is 4.77. The van der Waals surface area contributed by atoms with E-state index in [1.807, 2.05) is 0 Å². The lowest BCUT2D eigenvalue weighted by atomic mass is 9.84. The highest BCUT2D eigenvalue weighted by molar-refractivity contribution is 6.22. The fraction of sp³-hybridized carbons (Fsp3) is 0.474. The maximum atomic E-state index is 6.82. The summed E-state index contributed by atoms with van der Waals surface area (Å²) < 4.78 is 0. The molecule has 0 aliphatic heterocycles. The van der Waals surface area contributed by atoms with Crippen molar-refractivity contribution in [1.82, 2.24) is 0 Å². The van der Waals surface area contributed by atoms with Gasteiger partial charge in [-0.15, -0.1) is 11.6 Å². The van der Waals surface area contributed by atoms with Gasteiger partial charge in [0, 0.05) is 0 Å². The summed E-state index contributed by atoms with van der Waals surface area (Å²) in [5.74, 6) is 0.824. The van der Waals surface area contributed by atoms with Crippen LogP contribution in [0.5, 0.6) is 0 Å². The van der Waals surface area contributed by atoms with E-state index in [2.05, 4.69) is 43.3 Å². The van der Waals surface area contributed by atoms with Gasteiger partial charge in [-0.3, -0.25) is 0 Å². The van der Waals surface area contributed by atoms with Crippen LogP contribution in [0.2, 0.25) is 0 Å². The molecule has 1 atom stereocenters. The minimum Gasteiger partial charge on any atom is -0.118 e. The van der Waals surface area contributed by atoms with Crippen molar-refractivity contribution >= 4 is 22.4 Å². The zero-order chi connectivity index (χ0) is 13.9. The highest BCUT2D eigenvalue weighted by Crippen LogP contribution is 2.39. The number of fused-ring (bicyclic) bond motifs is 1. The van der Waals surface area contributed by atoms with Crippen molar-refractivity contribution in [3.05, 3.63) is 47.5 Å². The molecule has 1 aliphatic carbocycles. The van der Waals surface area contributed by atoms with Gasteiger partial charge in [0.15, 0.2) is 0 Å². The first-order valence-electron chi connectivity index (χ1n) is 7.88.